The van der Waals surface area contributed by atoms with Crippen molar-refractivity contribution in [2.24, 2.45) is 12.5 Å². The van der Waals surface area contributed by atoms with Gasteiger partial charge in [0.25, 0.3) is 0 Å². The highest BCUT2D eigenvalue weighted by molar-refractivity contribution is 5.09. The largest absolute Gasteiger partial charge is 0.380 e. The summed E-state index contributed by atoms with van der Waals surface area (Å²) in [6.45, 7) is 1.19. The van der Waals surface area contributed by atoms with Crippen LogP contribution in [-0.2, 0) is 18.2 Å². The normalized spacial score (nSPS) is 26.3. The van der Waals surface area contributed by atoms with Crippen molar-refractivity contribution in [2.45, 2.75) is 12.8 Å². The molecule has 1 aliphatic rings. The molecule has 2 heterocycles. The molecule has 1 aliphatic heterocycles. The number of aryl methyl sites for hydroxylation is 1. The van der Waals surface area contributed by atoms with Crippen LogP contribution in [0.2, 0.25) is 0 Å². The van der Waals surface area contributed by atoms with E-state index in [0.717, 1.165) is 12.1 Å². The van der Waals surface area contributed by atoms with Crippen LogP contribution in [0.4, 0.5) is 0 Å². The van der Waals surface area contributed by atoms with E-state index in [9.17, 15) is 0 Å². The number of nitrogens with zero attached hydrogens (tertiary/aromatic N) is 4. The predicted molar refractivity (Wildman–Crippen MR) is 48.2 cm³/mol. The van der Waals surface area contributed by atoms with Crippen LogP contribution in [0.3, 0.4) is 0 Å². The number of rotatable bonds is 2. The first-order valence-corrected chi connectivity index (χ1v) is 4.58. The molecule has 1 atom stereocenters. The molecule has 1 unspecified atom stereocenters. The van der Waals surface area contributed by atoms with Crippen LogP contribution in [0, 0.1) is 16.7 Å². The first-order chi connectivity index (χ1) is 6.74. The van der Waals surface area contributed by atoms with Crippen molar-refractivity contribution >= 4 is 0 Å². The van der Waals surface area contributed by atoms with Crippen molar-refractivity contribution in [3.8, 4) is 6.07 Å². The van der Waals surface area contributed by atoms with Crippen LogP contribution in [-0.4, -0.2) is 28.2 Å². The van der Waals surface area contributed by atoms with Crippen molar-refractivity contribution in [3.63, 3.8) is 0 Å². The molecule has 2 rings (SSSR count). The Morgan fingerprint density at radius 3 is 3.14 bits per heavy atom. The molecule has 0 amide bonds. The van der Waals surface area contributed by atoms with Gasteiger partial charge < -0.3 is 4.74 Å². The minimum atomic E-state index is -0.379. The summed E-state index contributed by atoms with van der Waals surface area (Å²) in [4.78, 5) is 1.51. The monoisotopic (exact) mass is 192 g/mol. The van der Waals surface area contributed by atoms with E-state index in [2.05, 4.69) is 16.3 Å². The maximum Gasteiger partial charge on any atom is 0.0885 e. The summed E-state index contributed by atoms with van der Waals surface area (Å²) in [6, 6.07) is 2.33. The van der Waals surface area contributed by atoms with Gasteiger partial charge in [-0.2, -0.15) is 20.3 Å². The average Bonchev–Trinajstić information content (AvgIpc) is 2.77. The molecule has 5 heteroatoms. The third kappa shape index (κ3) is 1.61. The first kappa shape index (κ1) is 9.16. The van der Waals surface area contributed by atoms with Crippen molar-refractivity contribution in [3.05, 3.63) is 11.9 Å². The molecule has 0 radical (unpaired) electrons. The molecule has 0 aliphatic carbocycles. The third-order valence-corrected chi connectivity index (χ3v) is 2.51. The molecule has 0 N–H and O–H groups in total. The molecule has 1 aromatic rings. The van der Waals surface area contributed by atoms with Crippen molar-refractivity contribution in [1.82, 2.24) is 15.0 Å². The van der Waals surface area contributed by atoms with Crippen LogP contribution < -0.4 is 0 Å². The molecule has 5 nitrogen and oxygen atoms in total. The van der Waals surface area contributed by atoms with Gasteiger partial charge in [-0.1, -0.05) is 0 Å². The van der Waals surface area contributed by atoms with Crippen LogP contribution >= 0.6 is 0 Å². The van der Waals surface area contributed by atoms with Crippen molar-refractivity contribution < 1.29 is 4.74 Å². The zero-order valence-electron chi connectivity index (χ0n) is 8.10. The van der Waals surface area contributed by atoms with Gasteiger partial charge in [-0.05, 0) is 6.42 Å². The molecular weight excluding hydrogens is 180 g/mol. The van der Waals surface area contributed by atoms with Gasteiger partial charge in [-0.15, -0.1) is 0 Å². The summed E-state index contributed by atoms with van der Waals surface area (Å²) in [7, 11) is 1.77. The van der Waals surface area contributed by atoms with Gasteiger partial charge in [0, 0.05) is 20.1 Å². The highest BCUT2D eigenvalue weighted by Gasteiger charge is 2.36. The Morgan fingerprint density at radius 2 is 2.64 bits per heavy atom. The standard InChI is InChI=1S/C9H12N4O/c1-13-11-5-8(12-13)4-9(6-10)2-3-14-7-9/h5H,2-4,7H2,1H3. The molecule has 0 spiro atoms. The lowest BCUT2D eigenvalue weighted by Gasteiger charge is -2.15. The zero-order chi connectivity index (χ0) is 10.0. The maximum atomic E-state index is 9.10. The highest BCUT2D eigenvalue weighted by Crippen LogP contribution is 2.30. The number of aromatic nitrogens is 3. The van der Waals surface area contributed by atoms with Crippen molar-refractivity contribution in [1.29, 1.82) is 5.26 Å². The predicted octanol–water partition coefficient (Wildman–Crippen LogP) is 0.288. The maximum absolute atomic E-state index is 9.10. The Labute approximate surface area is 82.3 Å². The number of hydrogen-bond donors (Lipinski definition) is 0. The van der Waals surface area contributed by atoms with Gasteiger partial charge in [-0.3, -0.25) is 0 Å². The molecule has 74 valence electrons. The van der Waals surface area contributed by atoms with Gasteiger partial charge in [-0.25, -0.2) is 0 Å². The summed E-state index contributed by atoms with van der Waals surface area (Å²) in [5.41, 5.74) is 0.482. The summed E-state index contributed by atoms with van der Waals surface area (Å²) in [5.74, 6) is 0. The fourth-order valence-electron chi connectivity index (χ4n) is 1.69. The third-order valence-electron chi connectivity index (χ3n) is 2.51. The zero-order valence-corrected chi connectivity index (χ0v) is 8.10. The van der Waals surface area contributed by atoms with E-state index in [-0.39, 0.29) is 5.41 Å². The summed E-state index contributed by atoms with van der Waals surface area (Å²) >= 11 is 0. The van der Waals surface area contributed by atoms with Gasteiger partial charge in [0.05, 0.1) is 30.0 Å². The topological polar surface area (TPSA) is 63.7 Å². The highest BCUT2D eigenvalue weighted by atomic mass is 16.5. The van der Waals surface area contributed by atoms with E-state index in [4.69, 9.17) is 10.00 Å². The SMILES string of the molecule is Cn1ncc(CC2(C#N)CCOC2)n1. The molecule has 1 saturated heterocycles. The fourth-order valence-corrected chi connectivity index (χ4v) is 1.69. The Morgan fingerprint density at radius 1 is 1.79 bits per heavy atom. The molecule has 0 bridgehead atoms. The Kier molecular flexibility index (Phi) is 2.22. The van der Waals surface area contributed by atoms with Gasteiger partial charge >= 0.3 is 0 Å². The molecule has 0 aromatic carbocycles. The van der Waals surface area contributed by atoms with Gasteiger partial charge in [0.15, 0.2) is 0 Å². The molecule has 1 fully saturated rings. The second kappa shape index (κ2) is 3.39. The smallest absolute Gasteiger partial charge is 0.0885 e. The minimum Gasteiger partial charge on any atom is -0.380 e. The van der Waals surface area contributed by atoms with Crippen molar-refractivity contribution in [2.75, 3.05) is 13.2 Å². The second-order valence-corrected chi connectivity index (χ2v) is 3.70. The Balaban J connectivity index is 2.13. The van der Waals surface area contributed by atoms with Crippen LogP contribution in [0.5, 0.6) is 0 Å². The van der Waals surface area contributed by atoms with E-state index in [1.807, 2.05) is 0 Å². The van der Waals surface area contributed by atoms with Gasteiger partial charge in [0.1, 0.15) is 0 Å². The summed E-state index contributed by atoms with van der Waals surface area (Å²) in [5, 5.41) is 17.2. The second-order valence-electron chi connectivity index (χ2n) is 3.70. The van der Waals surface area contributed by atoms with Crippen LogP contribution in [0.1, 0.15) is 12.1 Å². The first-order valence-electron chi connectivity index (χ1n) is 4.58. The van der Waals surface area contributed by atoms with E-state index < -0.39 is 0 Å². The lowest BCUT2D eigenvalue weighted by molar-refractivity contribution is 0.171. The number of hydrogen-bond acceptors (Lipinski definition) is 4. The molecule has 0 saturated carbocycles. The van der Waals surface area contributed by atoms with Crippen LogP contribution in [0.25, 0.3) is 0 Å². The summed E-state index contributed by atoms with van der Waals surface area (Å²) < 4.78 is 5.25. The van der Waals surface area contributed by atoms with Gasteiger partial charge in [0.2, 0.25) is 0 Å². The molecular formula is C9H12N4O. The molecule has 14 heavy (non-hydrogen) atoms. The van der Waals surface area contributed by atoms with Crippen LogP contribution in [0.15, 0.2) is 6.20 Å². The Hall–Kier alpha value is -1.41. The Bertz CT molecular complexity index is 359. The lowest BCUT2D eigenvalue weighted by atomic mass is 9.84. The minimum absolute atomic E-state index is 0.379. The number of ether oxygens (including phenoxy) is 1. The van der Waals surface area contributed by atoms with E-state index >= 15 is 0 Å². The fraction of sp³-hybridized carbons (Fsp3) is 0.667. The number of nitriles is 1. The van der Waals surface area contributed by atoms with E-state index in [0.29, 0.717) is 19.6 Å². The quantitative estimate of drug-likeness (QED) is 0.675. The van der Waals surface area contributed by atoms with E-state index in [1.54, 1.807) is 13.2 Å². The average molecular weight is 192 g/mol. The van der Waals surface area contributed by atoms with E-state index in [1.165, 1.54) is 4.80 Å². The summed E-state index contributed by atoms with van der Waals surface area (Å²) in [6.07, 6.45) is 3.13. The lowest BCUT2D eigenvalue weighted by Crippen LogP contribution is -2.22. The molecule has 1 aromatic heterocycles.